The van der Waals surface area contributed by atoms with Gasteiger partial charge >= 0.3 is 0 Å². The number of benzene rings is 1. The average Bonchev–Trinajstić information content (AvgIpc) is 2.95. The van der Waals surface area contributed by atoms with E-state index in [1.54, 1.807) is 12.1 Å². The van der Waals surface area contributed by atoms with Crippen LogP contribution in [0, 0.1) is 0 Å². The molecule has 0 aliphatic carbocycles. The second-order valence-corrected chi connectivity index (χ2v) is 8.28. The van der Waals surface area contributed by atoms with Gasteiger partial charge in [0.05, 0.1) is 6.54 Å². The number of anilines is 1. The summed E-state index contributed by atoms with van der Waals surface area (Å²) in [5, 5.41) is 3.01. The fourth-order valence-corrected chi connectivity index (χ4v) is 3.72. The van der Waals surface area contributed by atoms with Gasteiger partial charge in [0.15, 0.2) is 15.8 Å². The summed E-state index contributed by atoms with van der Waals surface area (Å²) in [5.74, 6) is 0.304. The van der Waals surface area contributed by atoms with Crippen LogP contribution < -0.4 is 11.1 Å². The maximum absolute atomic E-state index is 11.4. The minimum absolute atomic E-state index is 0.304. The molecule has 0 fully saturated rings. The molecule has 7 heteroatoms. The minimum Gasteiger partial charge on any atom is -0.370 e. The van der Waals surface area contributed by atoms with Gasteiger partial charge in [-0.3, -0.25) is 0 Å². The minimum atomic E-state index is -3.15. The number of nitrogens with one attached hydrogen (secondary N) is 1. The summed E-state index contributed by atoms with van der Waals surface area (Å²) in [6, 6.07) is 11.3. The first kappa shape index (κ1) is 16.5. The summed E-state index contributed by atoms with van der Waals surface area (Å²) >= 11 is 1.21. The molecule has 0 unspecified atom stereocenters. The maximum Gasteiger partial charge on any atom is 0.193 e. The number of hydrogen-bond acceptors (Lipinski definition) is 4. The molecule has 22 heavy (non-hydrogen) atoms. The van der Waals surface area contributed by atoms with Crippen LogP contribution in [0.3, 0.4) is 0 Å². The van der Waals surface area contributed by atoms with Crippen molar-refractivity contribution in [3.8, 4) is 0 Å². The molecule has 0 saturated carbocycles. The summed E-state index contributed by atoms with van der Waals surface area (Å²) in [7, 11) is -3.15. The standard InChI is InChI=1S/C15H19N3O2S2/c1-3-11-4-6-12(7-5-11)18-15(16)17-10-13-8-9-14(21-13)22(2,19)20/h4-9H,3,10H2,1-2H3,(H3,16,17,18). The van der Waals surface area contributed by atoms with Crippen LogP contribution in [-0.4, -0.2) is 20.6 Å². The van der Waals surface area contributed by atoms with Crippen molar-refractivity contribution < 1.29 is 8.42 Å². The SMILES string of the molecule is CCc1ccc(NC(N)=NCc2ccc(S(C)(=O)=O)s2)cc1. The zero-order valence-electron chi connectivity index (χ0n) is 12.5. The Kier molecular flexibility index (Phi) is 5.20. The van der Waals surface area contributed by atoms with Gasteiger partial charge in [-0.2, -0.15) is 0 Å². The van der Waals surface area contributed by atoms with Crippen molar-refractivity contribution in [1.29, 1.82) is 0 Å². The molecule has 3 N–H and O–H groups in total. The Morgan fingerprint density at radius 1 is 1.23 bits per heavy atom. The van der Waals surface area contributed by atoms with Crippen LogP contribution in [0.4, 0.5) is 5.69 Å². The lowest BCUT2D eigenvalue weighted by Crippen LogP contribution is -2.22. The van der Waals surface area contributed by atoms with Crippen LogP contribution in [0.25, 0.3) is 0 Å². The first-order valence-corrected chi connectivity index (χ1v) is 9.54. The summed E-state index contributed by atoms with van der Waals surface area (Å²) in [6.45, 7) is 2.45. The summed E-state index contributed by atoms with van der Waals surface area (Å²) in [5.41, 5.74) is 7.98. The van der Waals surface area contributed by atoms with Crippen LogP contribution in [-0.2, 0) is 22.8 Å². The number of hydrogen-bond donors (Lipinski definition) is 2. The molecular weight excluding hydrogens is 318 g/mol. The maximum atomic E-state index is 11.4. The second-order valence-electron chi connectivity index (χ2n) is 4.87. The predicted molar refractivity (Wildman–Crippen MR) is 92.2 cm³/mol. The van der Waals surface area contributed by atoms with Gasteiger partial charge in [0, 0.05) is 16.8 Å². The number of nitrogens with two attached hydrogens (primary N) is 1. The monoisotopic (exact) mass is 337 g/mol. The van der Waals surface area contributed by atoms with Crippen LogP contribution >= 0.6 is 11.3 Å². The molecule has 118 valence electrons. The number of aryl methyl sites for hydroxylation is 1. The number of nitrogens with zero attached hydrogens (tertiary/aromatic N) is 1. The van der Waals surface area contributed by atoms with E-state index in [-0.39, 0.29) is 0 Å². The van der Waals surface area contributed by atoms with E-state index in [9.17, 15) is 8.42 Å². The van der Waals surface area contributed by atoms with Crippen LogP contribution in [0.5, 0.6) is 0 Å². The molecule has 1 aromatic carbocycles. The van der Waals surface area contributed by atoms with Gasteiger partial charge in [0.2, 0.25) is 0 Å². The largest absolute Gasteiger partial charge is 0.370 e. The van der Waals surface area contributed by atoms with Crippen molar-refractivity contribution in [3.63, 3.8) is 0 Å². The molecule has 2 aromatic rings. The Labute approximate surface area is 134 Å². The third kappa shape index (κ3) is 4.57. The van der Waals surface area contributed by atoms with Crippen molar-refractivity contribution >= 4 is 32.8 Å². The molecule has 2 rings (SSSR count). The fourth-order valence-electron chi connectivity index (χ4n) is 1.82. The third-order valence-corrected chi connectivity index (χ3v) is 5.93. The topological polar surface area (TPSA) is 84.5 Å². The quantitative estimate of drug-likeness (QED) is 0.649. The Morgan fingerprint density at radius 2 is 1.91 bits per heavy atom. The lowest BCUT2D eigenvalue weighted by Gasteiger charge is -2.06. The molecular formula is C15H19N3O2S2. The lowest BCUT2D eigenvalue weighted by atomic mass is 10.1. The molecule has 0 aliphatic heterocycles. The van der Waals surface area contributed by atoms with E-state index in [1.165, 1.54) is 23.2 Å². The summed E-state index contributed by atoms with van der Waals surface area (Å²) < 4.78 is 23.2. The van der Waals surface area contributed by atoms with Crippen LogP contribution in [0.1, 0.15) is 17.4 Å². The molecule has 0 saturated heterocycles. The fraction of sp³-hybridized carbons (Fsp3) is 0.267. The lowest BCUT2D eigenvalue weighted by molar-refractivity contribution is 0.604. The number of sulfone groups is 1. The molecule has 0 radical (unpaired) electrons. The van der Waals surface area contributed by atoms with Crippen LogP contribution in [0.15, 0.2) is 45.6 Å². The smallest absolute Gasteiger partial charge is 0.193 e. The third-order valence-electron chi connectivity index (χ3n) is 3.04. The zero-order chi connectivity index (χ0) is 16.2. The molecule has 0 bridgehead atoms. The predicted octanol–water partition coefficient (Wildman–Crippen LogP) is 2.64. The Bertz CT molecular complexity index is 762. The van der Waals surface area contributed by atoms with E-state index in [0.717, 1.165) is 17.0 Å². The van der Waals surface area contributed by atoms with E-state index in [1.807, 2.05) is 24.3 Å². The second kappa shape index (κ2) is 6.93. The van der Waals surface area contributed by atoms with Gasteiger partial charge in [-0.1, -0.05) is 19.1 Å². The number of aliphatic imine (C=N–C) groups is 1. The zero-order valence-corrected chi connectivity index (χ0v) is 14.2. The number of guanidine groups is 1. The average molecular weight is 337 g/mol. The van der Waals surface area contributed by atoms with Gasteiger partial charge < -0.3 is 11.1 Å². The van der Waals surface area contributed by atoms with Crippen molar-refractivity contribution in [2.45, 2.75) is 24.1 Å². The van der Waals surface area contributed by atoms with Gasteiger partial charge in [0.1, 0.15) is 4.21 Å². The Hall–Kier alpha value is -1.86. The van der Waals surface area contributed by atoms with Crippen molar-refractivity contribution in [2.24, 2.45) is 10.7 Å². The number of rotatable bonds is 5. The summed E-state index contributed by atoms with van der Waals surface area (Å²) in [4.78, 5) is 5.08. The highest BCUT2D eigenvalue weighted by Crippen LogP contribution is 2.22. The first-order chi connectivity index (χ1) is 10.4. The normalized spacial score (nSPS) is 12.4. The molecule has 0 amide bonds. The molecule has 1 heterocycles. The first-order valence-electron chi connectivity index (χ1n) is 6.83. The van der Waals surface area contributed by atoms with E-state index in [4.69, 9.17) is 5.73 Å². The van der Waals surface area contributed by atoms with E-state index in [2.05, 4.69) is 17.2 Å². The van der Waals surface area contributed by atoms with Gasteiger partial charge in [-0.15, -0.1) is 11.3 Å². The van der Waals surface area contributed by atoms with Gasteiger partial charge in [0.25, 0.3) is 0 Å². The van der Waals surface area contributed by atoms with Gasteiger partial charge in [-0.25, -0.2) is 13.4 Å². The van der Waals surface area contributed by atoms with Crippen LogP contribution in [0.2, 0.25) is 0 Å². The Morgan fingerprint density at radius 3 is 2.45 bits per heavy atom. The highest BCUT2D eigenvalue weighted by Gasteiger charge is 2.10. The molecule has 0 atom stereocenters. The highest BCUT2D eigenvalue weighted by molar-refractivity contribution is 7.92. The number of thiophene rings is 1. The van der Waals surface area contributed by atoms with Crippen molar-refractivity contribution in [1.82, 2.24) is 0 Å². The molecule has 0 spiro atoms. The molecule has 0 aliphatic rings. The summed E-state index contributed by atoms with van der Waals surface area (Å²) in [6.07, 6.45) is 2.19. The van der Waals surface area contributed by atoms with E-state index >= 15 is 0 Å². The van der Waals surface area contributed by atoms with E-state index in [0.29, 0.717) is 16.7 Å². The highest BCUT2D eigenvalue weighted by atomic mass is 32.2. The van der Waals surface area contributed by atoms with Crippen molar-refractivity contribution in [3.05, 3.63) is 46.8 Å². The molecule has 1 aromatic heterocycles. The van der Waals surface area contributed by atoms with Crippen molar-refractivity contribution in [2.75, 3.05) is 11.6 Å². The van der Waals surface area contributed by atoms with E-state index < -0.39 is 9.84 Å². The van der Waals surface area contributed by atoms with Gasteiger partial charge in [-0.05, 0) is 36.2 Å². The Balaban J connectivity index is 1.98. The molecule has 5 nitrogen and oxygen atoms in total.